The second-order valence-corrected chi connectivity index (χ2v) is 5.65. The van der Waals surface area contributed by atoms with E-state index in [4.69, 9.17) is 5.11 Å². The van der Waals surface area contributed by atoms with Gasteiger partial charge in [0.15, 0.2) is 0 Å². The number of amides is 1. The van der Waals surface area contributed by atoms with E-state index in [2.05, 4.69) is 10.4 Å². The highest BCUT2D eigenvalue weighted by Crippen LogP contribution is 2.18. The Kier molecular flexibility index (Phi) is 7.11. The Labute approximate surface area is 160 Å². The van der Waals surface area contributed by atoms with Crippen molar-refractivity contribution in [3.8, 4) is 11.3 Å². The number of nitrogens with one attached hydrogen (secondary N) is 1. The fourth-order valence-electron chi connectivity index (χ4n) is 2.55. The average molecular weight is 387 g/mol. The number of rotatable bonds is 4. The molecular weight excluding hydrogens is 368 g/mol. The van der Waals surface area contributed by atoms with Crippen LogP contribution < -0.4 is 10.9 Å². The van der Waals surface area contributed by atoms with Crippen molar-refractivity contribution in [1.29, 1.82) is 0 Å². The summed E-state index contributed by atoms with van der Waals surface area (Å²) in [4.78, 5) is 23.8. The van der Waals surface area contributed by atoms with E-state index >= 15 is 0 Å². The molecule has 28 heavy (non-hydrogen) atoms. The summed E-state index contributed by atoms with van der Waals surface area (Å²) in [6, 6.07) is 12.5. The lowest BCUT2D eigenvalue weighted by molar-refractivity contribution is 0.0963. The number of carbonyl (C=O) groups is 1. The highest BCUT2D eigenvalue weighted by Gasteiger charge is 2.09. The molecule has 0 spiro atoms. The molecule has 146 valence electrons. The van der Waals surface area contributed by atoms with Gasteiger partial charge in [-0.05, 0) is 35.9 Å². The van der Waals surface area contributed by atoms with E-state index in [1.54, 1.807) is 24.3 Å². The molecule has 1 amide bonds. The molecule has 0 fully saturated rings. The van der Waals surface area contributed by atoms with Crippen LogP contribution in [0.3, 0.4) is 0 Å². The maximum Gasteiger partial charge on any atom is 0.267 e. The first-order chi connectivity index (χ1) is 13.5. The minimum Gasteiger partial charge on any atom is -0.400 e. The van der Waals surface area contributed by atoms with Crippen LogP contribution in [-0.4, -0.2) is 35.0 Å². The van der Waals surface area contributed by atoms with Crippen LogP contribution in [0.2, 0.25) is 0 Å². The van der Waals surface area contributed by atoms with E-state index < -0.39 is 11.6 Å². The second kappa shape index (κ2) is 9.52. The lowest BCUT2D eigenvalue weighted by atomic mass is 10.1. The maximum absolute atomic E-state index is 13.4. The summed E-state index contributed by atoms with van der Waals surface area (Å²) in [5, 5.41) is 13.7. The summed E-state index contributed by atoms with van der Waals surface area (Å²) in [5.41, 5.74) is 1.29. The molecule has 0 atom stereocenters. The molecule has 0 saturated heterocycles. The van der Waals surface area contributed by atoms with Gasteiger partial charge in [-0.25, -0.2) is 13.5 Å². The SMILES string of the molecule is CNC(=O)c1cccc(Cn2nc(-c3cc(F)cc(F)c3)ccc2=O)c1.CO. The van der Waals surface area contributed by atoms with Gasteiger partial charge in [-0.3, -0.25) is 9.59 Å². The first-order valence-corrected chi connectivity index (χ1v) is 8.26. The normalized spacial score (nSPS) is 10.0. The molecule has 6 nitrogen and oxygen atoms in total. The summed E-state index contributed by atoms with van der Waals surface area (Å²) in [6.45, 7) is 0.120. The van der Waals surface area contributed by atoms with Gasteiger partial charge in [0.05, 0.1) is 12.2 Å². The van der Waals surface area contributed by atoms with Crippen LogP contribution in [-0.2, 0) is 6.54 Å². The predicted molar refractivity (Wildman–Crippen MR) is 101 cm³/mol. The van der Waals surface area contributed by atoms with Gasteiger partial charge in [0.1, 0.15) is 11.6 Å². The maximum atomic E-state index is 13.4. The molecule has 0 unspecified atom stereocenters. The topological polar surface area (TPSA) is 84.2 Å². The number of aliphatic hydroxyl groups excluding tert-OH is 1. The van der Waals surface area contributed by atoms with E-state index in [9.17, 15) is 18.4 Å². The fourth-order valence-corrected chi connectivity index (χ4v) is 2.55. The number of aromatic nitrogens is 2. The van der Waals surface area contributed by atoms with E-state index in [1.165, 1.54) is 23.9 Å². The minimum atomic E-state index is -0.724. The number of hydrogen-bond acceptors (Lipinski definition) is 4. The number of aliphatic hydroxyl groups is 1. The summed E-state index contributed by atoms with van der Waals surface area (Å²) in [7, 11) is 2.53. The van der Waals surface area contributed by atoms with Crippen LogP contribution in [0.15, 0.2) is 59.4 Å². The van der Waals surface area contributed by atoms with Crippen molar-refractivity contribution in [2.24, 2.45) is 0 Å². The molecule has 3 rings (SSSR count). The van der Waals surface area contributed by atoms with Gasteiger partial charge in [0, 0.05) is 37.4 Å². The van der Waals surface area contributed by atoms with Crippen molar-refractivity contribution in [3.63, 3.8) is 0 Å². The highest BCUT2D eigenvalue weighted by molar-refractivity contribution is 5.94. The van der Waals surface area contributed by atoms with Crippen molar-refractivity contribution in [2.75, 3.05) is 14.2 Å². The molecule has 0 aliphatic rings. The van der Waals surface area contributed by atoms with Crippen LogP contribution in [0.4, 0.5) is 8.78 Å². The molecule has 0 bridgehead atoms. The molecule has 1 aromatic heterocycles. The van der Waals surface area contributed by atoms with Crippen molar-refractivity contribution >= 4 is 5.91 Å². The van der Waals surface area contributed by atoms with Crippen LogP contribution >= 0.6 is 0 Å². The largest absolute Gasteiger partial charge is 0.400 e. The van der Waals surface area contributed by atoms with Gasteiger partial charge >= 0.3 is 0 Å². The summed E-state index contributed by atoms with van der Waals surface area (Å²) >= 11 is 0. The number of hydrogen-bond donors (Lipinski definition) is 2. The number of benzene rings is 2. The van der Waals surface area contributed by atoms with Crippen LogP contribution in [0.1, 0.15) is 15.9 Å². The van der Waals surface area contributed by atoms with Gasteiger partial charge in [0.2, 0.25) is 0 Å². The molecule has 0 saturated carbocycles. The number of halogens is 2. The van der Waals surface area contributed by atoms with E-state index in [-0.39, 0.29) is 29.3 Å². The van der Waals surface area contributed by atoms with Crippen LogP contribution in [0, 0.1) is 11.6 Å². The lowest BCUT2D eigenvalue weighted by Gasteiger charge is -2.09. The second-order valence-electron chi connectivity index (χ2n) is 5.65. The molecule has 3 aromatic rings. The van der Waals surface area contributed by atoms with Crippen molar-refractivity contribution in [3.05, 3.63) is 87.7 Å². The first-order valence-electron chi connectivity index (χ1n) is 8.26. The Bertz CT molecular complexity index is 1010. The molecule has 1 heterocycles. The fraction of sp³-hybridized carbons (Fsp3) is 0.150. The van der Waals surface area contributed by atoms with Crippen molar-refractivity contribution in [1.82, 2.24) is 15.1 Å². The zero-order valence-corrected chi connectivity index (χ0v) is 15.3. The third-order valence-corrected chi connectivity index (χ3v) is 3.77. The van der Waals surface area contributed by atoms with E-state index in [1.807, 2.05) is 0 Å². The Morgan fingerprint density at radius 1 is 1.07 bits per heavy atom. The molecule has 0 aliphatic heterocycles. The summed E-state index contributed by atoms with van der Waals surface area (Å²) in [5.74, 6) is -1.69. The van der Waals surface area contributed by atoms with Gasteiger partial charge in [-0.15, -0.1) is 0 Å². The Morgan fingerprint density at radius 3 is 2.39 bits per heavy atom. The Hall–Kier alpha value is -3.39. The molecular formula is C20H19F2N3O3. The zero-order chi connectivity index (χ0) is 20.7. The van der Waals surface area contributed by atoms with Crippen LogP contribution in [0.25, 0.3) is 11.3 Å². The Morgan fingerprint density at radius 2 is 1.75 bits per heavy atom. The predicted octanol–water partition coefficient (Wildman–Crippen LogP) is 2.20. The molecule has 2 N–H and O–H groups in total. The smallest absolute Gasteiger partial charge is 0.267 e. The van der Waals surface area contributed by atoms with E-state index in [0.29, 0.717) is 11.1 Å². The number of carbonyl (C=O) groups excluding carboxylic acids is 1. The Balaban J connectivity index is 0.00000136. The third kappa shape index (κ3) is 5.08. The third-order valence-electron chi connectivity index (χ3n) is 3.77. The van der Waals surface area contributed by atoms with Gasteiger partial charge < -0.3 is 10.4 Å². The summed E-state index contributed by atoms with van der Waals surface area (Å²) < 4.78 is 28.0. The quantitative estimate of drug-likeness (QED) is 0.719. The van der Waals surface area contributed by atoms with E-state index in [0.717, 1.165) is 25.3 Å². The standard InChI is InChI=1S/C19H15F2N3O2.CH4O/c1-22-19(26)13-4-2-3-12(7-13)11-24-18(25)6-5-17(23-24)14-8-15(20)10-16(21)9-14;1-2/h2-10H,11H2,1H3,(H,22,26);2H,1H3. The van der Waals surface area contributed by atoms with Gasteiger partial charge in [0.25, 0.3) is 11.5 Å². The van der Waals surface area contributed by atoms with Gasteiger partial charge in [-0.1, -0.05) is 12.1 Å². The molecule has 2 aromatic carbocycles. The highest BCUT2D eigenvalue weighted by atomic mass is 19.1. The molecule has 0 radical (unpaired) electrons. The lowest BCUT2D eigenvalue weighted by Crippen LogP contribution is -2.23. The van der Waals surface area contributed by atoms with Crippen molar-refractivity contribution < 1.29 is 18.7 Å². The molecule has 0 aliphatic carbocycles. The summed E-state index contributed by atoms with van der Waals surface area (Å²) in [6.07, 6.45) is 0. The van der Waals surface area contributed by atoms with Crippen LogP contribution in [0.5, 0.6) is 0 Å². The number of nitrogens with zero attached hydrogens (tertiary/aromatic N) is 2. The minimum absolute atomic E-state index is 0.120. The zero-order valence-electron chi connectivity index (χ0n) is 15.3. The first kappa shape index (κ1) is 20.9. The molecule has 8 heteroatoms. The van der Waals surface area contributed by atoms with Crippen molar-refractivity contribution in [2.45, 2.75) is 6.54 Å². The monoisotopic (exact) mass is 387 g/mol. The average Bonchev–Trinajstić information content (AvgIpc) is 2.70. The van der Waals surface area contributed by atoms with Gasteiger partial charge in [-0.2, -0.15) is 5.10 Å².